The summed E-state index contributed by atoms with van der Waals surface area (Å²) in [6.07, 6.45) is 6.89. The maximum Gasteiger partial charge on any atom is 0.311 e. The van der Waals surface area contributed by atoms with Gasteiger partial charge in [0.05, 0.1) is 17.3 Å². The highest BCUT2D eigenvalue weighted by Crippen LogP contribution is 2.49. The Bertz CT molecular complexity index is 739. The van der Waals surface area contributed by atoms with E-state index in [1.54, 1.807) is 0 Å². The van der Waals surface area contributed by atoms with Crippen LogP contribution in [0.3, 0.4) is 0 Å². The first kappa shape index (κ1) is 13.8. The molecule has 5 nitrogen and oxygen atoms in total. The van der Waals surface area contributed by atoms with Gasteiger partial charge in [-0.05, 0) is 37.3 Å². The van der Waals surface area contributed by atoms with Crippen LogP contribution in [0.2, 0.25) is 0 Å². The molecule has 2 atom stereocenters. The standard InChI is InChI=1S/C17H21N3O2/c1-12-4-3-7-20-14(8-18-15(12)20)10-19-9-13-5-2-6-17(13,11-19)16(21)22/h3-4,7-8,13H,2,5-6,9-11H2,1H3,(H,21,22)/t13-,17+/m0/s1. The lowest BCUT2D eigenvalue weighted by Crippen LogP contribution is -2.35. The van der Waals surface area contributed by atoms with E-state index >= 15 is 0 Å². The summed E-state index contributed by atoms with van der Waals surface area (Å²) in [5.41, 5.74) is 2.79. The van der Waals surface area contributed by atoms with Crippen LogP contribution in [-0.4, -0.2) is 38.4 Å². The number of hydrogen-bond acceptors (Lipinski definition) is 3. The van der Waals surface area contributed by atoms with E-state index in [9.17, 15) is 9.90 Å². The maximum atomic E-state index is 11.8. The van der Waals surface area contributed by atoms with Crippen LogP contribution in [0.25, 0.3) is 5.65 Å². The average molecular weight is 299 g/mol. The van der Waals surface area contributed by atoms with E-state index in [1.165, 1.54) is 0 Å². The Labute approximate surface area is 129 Å². The first-order valence-corrected chi connectivity index (χ1v) is 7.97. The van der Waals surface area contributed by atoms with Gasteiger partial charge in [0, 0.05) is 25.8 Å². The van der Waals surface area contributed by atoms with Gasteiger partial charge in [-0.3, -0.25) is 9.69 Å². The zero-order valence-corrected chi connectivity index (χ0v) is 12.8. The summed E-state index contributed by atoms with van der Waals surface area (Å²) in [7, 11) is 0. The van der Waals surface area contributed by atoms with Crippen molar-refractivity contribution in [3.8, 4) is 0 Å². The molecular formula is C17H21N3O2. The third kappa shape index (κ3) is 1.88. The van der Waals surface area contributed by atoms with E-state index in [0.717, 1.165) is 49.3 Å². The molecule has 4 rings (SSSR count). The molecule has 5 heteroatoms. The summed E-state index contributed by atoms with van der Waals surface area (Å²) in [4.78, 5) is 18.6. The van der Waals surface area contributed by atoms with Crippen molar-refractivity contribution in [2.45, 2.75) is 32.7 Å². The Morgan fingerprint density at radius 1 is 1.55 bits per heavy atom. The van der Waals surface area contributed by atoms with Gasteiger partial charge >= 0.3 is 5.97 Å². The predicted octanol–water partition coefficient (Wildman–Crippen LogP) is 2.33. The fraction of sp³-hybridized carbons (Fsp3) is 0.529. The molecule has 2 aromatic heterocycles. The van der Waals surface area contributed by atoms with Crippen molar-refractivity contribution in [3.05, 3.63) is 35.8 Å². The van der Waals surface area contributed by atoms with Gasteiger partial charge in [-0.2, -0.15) is 0 Å². The Kier molecular flexibility index (Phi) is 3.01. The minimum atomic E-state index is -0.605. The molecule has 0 spiro atoms. The topological polar surface area (TPSA) is 57.8 Å². The molecule has 1 aliphatic heterocycles. The second-order valence-corrected chi connectivity index (χ2v) is 6.85. The summed E-state index contributed by atoms with van der Waals surface area (Å²) >= 11 is 0. The molecule has 1 aliphatic carbocycles. The highest BCUT2D eigenvalue weighted by atomic mass is 16.4. The van der Waals surface area contributed by atoms with Crippen LogP contribution < -0.4 is 0 Å². The van der Waals surface area contributed by atoms with Crippen molar-refractivity contribution in [3.63, 3.8) is 0 Å². The Morgan fingerprint density at radius 2 is 2.41 bits per heavy atom. The minimum absolute atomic E-state index is 0.311. The number of rotatable bonds is 3. The van der Waals surface area contributed by atoms with E-state index in [0.29, 0.717) is 12.5 Å². The zero-order valence-electron chi connectivity index (χ0n) is 12.8. The van der Waals surface area contributed by atoms with Crippen LogP contribution in [0.1, 0.15) is 30.5 Å². The van der Waals surface area contributed by atoms with Crippen molar-refractivity contribution >= 4 is 11.6 Å². The van der Waals surface area contributed by atoms with Crippen molar-refractivity contribution in [1.29, 1.82) is 0 Å². The normalized spacial score (nSPS) is 28.3. The first-order chi connectivity index (χ1) is 10.6. The van der Waals surface area contributed by atoms with E-state index in [1.807, 2.05) is 18.5 Å². The third-order valence-corrected chi connectivity index (χ3v) is 5.56. The van der Waals surface area contributed by atoms with Crippen LogP contribution in [0.5, 0.6) is 0 Å². The van der Waals surface area contributed by atoms with Gasteiger partial charge in [0.15, 0.2) is 0 Å². The van der Waals surface area contributed by atoms with Gasteiger partial charge < -0.3 is 9.51 Å². The first-order valence-electron chi connectivity index (χ1n) is 7.97. The van der Waals surface area contributed by atoms with Crippen LogP contribution in [-0.2, 0) is 11.3 Å². The molecule has 0 unspecified atom stereocenters. The third-order valence-electron chi connectivity index (χ3n) is 5.56. The summed E-state index contributed by atoms with van der Waals surface area (Å²) in [5.74, 6) is -0.294. The summed E-state index contributed by atoms with van der Waals surface area (Å²) in [5, 5.41) is 9.68. The SMILES string of the molecule is Cc1cccn2c(CN3C[C@@H]4CCC[C@@]4(C(=O)O)C3)cnc12. The molecule has 2 aromatic rings. The number of carboxylic acid groups (broad SMARTS) is 1. The van der Waals surface area contributed by atoms with Crippen molar-refractivity contribution < 1.29 is 9.90 Å². The number of pyridine rings is 1. The molecule has 0 aromatic carbocycles. The van der Waals surface area contributed by atoms with E-state index in [2.05, 4.69) is 27.3 Å². The van der Waals surface area contributed by atoms with Gasteiger partial charge in [-0.25, -0.2) is 4.98 Å². The average Bonchev–Trinajstić information content (AvgIpc) is 3.13. The highest BCUT2D eigenvalue weighted by molar-refractivity contribution is 5.76. The monoisotopic (exact) mass is 299 g/mol. The lowest BCUT2D eigenvalue weighted by atomic mass is 9.81. The molecule has 0 bridgehead atoms. The van der Waals surface area contributed by atoms with Crippen LogP contribution >= 0.6 is 0 Å². The molecule has 22 heavy (non-hydrogen) atoms. The van der Waals surface area contributed by atoms with Crippen LogP contribution in [0.4, 0.5) is 0 Å². The number of fused-ring (bicyclic) bond motifs is 2. The molecule has 0 radical (unpaired) electrons. The number of nitrogens with zero attached hydrogens (tertiary/aromatic N) is 3. The number of carbonyl (C=O) groups is 1. The van der Waals surface area contributed by atoms with Gasteiger partial charge in [-0.1, -0.05) is 12.5 Å². The lowest BCUT2D eigenvalue weighted by Gasteiger charge is -2.23. The molecule has 0 amide bonds. The molecule has 2 aliphatic rings. The van der Waals surface area contributed by atoms with Crippen LogP contribution in [0, 0.1) is 18.3 Å². The molecule has 116 valence electrons. The molecule has 3 heterocycles. The number of aryl methyl sites for hydroxylation is 1. The molecule has 1 N–H and O–H groups in total. The second kappa shape index (κ2) is 4.81. The van der Waals surface area contributed by atoms with E-state index in [-0.39, 0.29) is 0 Å². The van der Waals surface area contributed by atoms with Gasteiger partial charge in [0.1, 0.15) is 5.65 Å². The lowest BCUT2D eigenvalue weighted by molar-refractivity contribution is -0.149. The van der Waals surface area contributed by atoms with Gasteiger partial charge in [0.2, 0.25) is 0 Å². The second-order valence-electron chi connectivity index (χ2n) is 6.85. The summed E-state index contributed by atoms with van der Waals surface area (Å²) < 4.78 is 2.12. The number of aromatic nitrogens is 2. The largest absolute Gasteiger partial charge is 0.481 e. The number of likely N-dealkylation sites (tertiary alicyclic amines) is 1. The molecule has 1 saturated carbocycles. The Hall–Kier alpha value is -1.88. The summed E-state index contributed by atoms with van der Waals surface area (Å²) in [6.45, 7) is 4.40. The fourth-order valence-corrected chi connectivity index (χ4v) is 4.41. The maximum absolute atomic E-state index is 11.8. The number of aliphatic carboxylic acids is 1. The quantitative estimate of drug-likeness (QED) is 0.945. The Balaban J connectivity index is 1.60. The molecule has 2 fully saturated rings. The number of carboxylic acids is 1. The van der Waals surface area contributed by atoms with Crippen molar-refractivity contribution in [1.82, 2.24) is 14.3 Å². The Morgan fingerprint density at radius 3 is 3.18 bits per heavy atom. The van der Waals surface area contributed by atoms with Gasteiger partial charge in [0.25, 0.3) is 0 Å². The number of imidazole rings is 1. The van der Waals surface area contributed by atoms with Crippen LogP contribution in [0.15, 0.2) is 24.5 Å². The number of hydrogen-bond donors (Lipinski definition) is 1. The van der Waals surface area contributed by atoms with Gasteiger partial charge in [-0.15, -0.1) is 0 Å². The summed E-state index contributed by atoms with van der Waals surface area (Å²) in [6, 6.07) is 4.09. The van der Waals surface area contributed by atoms with Crippen molar-refractivity contribution in [2.24, 2.45) is 11.3 Å². The fourth-order valence-electron chi connectivity index (χ4n) is 4.41. The highest BCUT2D eigenvalue weighted by Gasteiger charge is 2.54. The van der Waals surface area contributed by atoms with Crippen molar-refractivity contribution in [2.75, 3.05) is 13.1 Å². The molecule has 1 saturated heterocycles. The smallest absolute Gasteiger partial charge is 0.311 e. The predicted molar refractivity (Wildman–Crippen MR) is 82.6 cm³/mol. The van der Waals surface area contributed by atoms with E-state index in [4.69, 9.17) is 0 Å². The minimum Gasteiger partial charge on any atom is -0.481 e. The van der Waals surface area contributed by atoms with E-state index < -0.39 is 11.4 Å². The zero-order chi connectivity index (χ0) is 15.3. The molecular weight excluding hydrogens is 278 g/mol.